The lowest BCUT2D eigenvalue weighted by Crippen LogP contribution is -2.32. The Balaban J connectivity index is 3.02. The van der Waals surface area contributed by atoms with Crippen molar-refractivity contribution in [3.05, 3.63) is 23.3 Å². The lowest BCUT2D eigenvalue weighted by Gasteiger charge is -2.20. The third-order valence-corrected chi connectivity index (χ3v) is 6.05. The highest BCUT2D eigenvalue weighted by Gasteiger charge is 2.23. The fourth-order valence-corrected chi connectivity index (χ4v) is 3.96. The Labute approximate surface area is 150 Å². The second-order valence-electron chi connectivity index (χ2n) is 5.72. The number of nitrogens with one attached hydrogen (secondary N) is 2. The Morgan fingerprint density at radius 1 is 1.20 bits per heavy atom. The Bertz CT molecular complexity index is 685. The van der Waals surface area contributed by atoms with E-state index in [0.717, 1.165) is 11.1 Å². The Kier molecular flexibility index (Phi) is 8.51. The van der Waals surface area contributed by atoms with Crippen molar-refractivity contribution in [3.8, 4) is 0 Å². The molecule has 0 spiro atoms. The van der Waals surface area contributed by atoms with Gasteiger partial charge in [0.25, 0.3) is 0 Å². The van der Waals surface area contributed by atoms with Gasteiger partial charge in [0.05, 0.1) is 18.0 Å². The summed E-state index contributed by atoms with van der Waals surface area (Å²) in [6, 6.07) is 3.18. The summed E-state index contributed by atoms with van der Waals surface area (Å²) >= 11 is 0. The molecule has 0 aliphatic carbocycles. The molecule has 0 bridgehead atoms. The predicted molar refractivity (Wildman–Crippen MR) is 99.4 cm³/mol. The smallest absolute Gasteiger partial charge is 0.243 e. The molecule has 1 amide bonds. The first-order valence-corrected chi connectivity index (χ1v) is 9.82. The van der Waals surface area contributed by atoms with E-state index in [0.29, 0.717) is 31.9 Å². The number of sulfonamides is 1. The summed E-state index contributed by atoms with van der Waals surface area (Å²) in [5.41, 5.74) is 2.18. The van der Waals surface area contributed by atoms with Gasteiger partial charge in [-0.25, -0.2) is 8.42 Å². The molecule has 0 aliphatic heterocycles. The SMILES string of the molecule is CCN(CC)S(=O)(=O)c1cc(C)c(C)c(NC(=O)CNCCOC)c1. The molecule has 7 nitrogen and oxygen atoms in total. The lowest BCUT2D eigenvalue weighted by atomic mass is 10.1. The van der Waals surface area contributed by atoms with E-state index >= 15 is 0 Å². The number of carbonyl (C=O) groups excluding carboxylic acids is 1. The minimum Gasteiger partial charge on any atom is -0.383 e. The number of benzene rings is 1. The zero-order valence-corrected chi connectivity index (χ0v) is 16.5. The van der Waals surface area contributed by atoms with Crippen LogP contribution in [0.1, 0.15) is 25.0 Å². The highest BCUT2D eigenvalue weighted by Crippen LogP contribution is 2.26. The number of carbonyl (C=O) groups is 1. The van der Waals surface area contributed by atoms with E-state index in [1.807, 2.05) is 13.8 Å². The van der Waals surface area contributed by atoms with Crippen molar-refractivity contribution in [1.82, 2.24) is 9.62 Å². The van der Waals surface area contributed by atoms with Crippen LogP contribution in [0.4, 0.5) is 5.69 Å². The van der Waals surface area contributed by atoms with Gasteiger partial charge < -0.3 is 15.4 Å². The molecule has 0 atom stereocenters. The molecule has 0 saturated heterocycles. The molecule has 1 rings (SSSR count). The summed E-state index contributed by atoms with van der Waals surface area (Å²) in [4.78, 5) is 12.3. The van der Waals surface area contributed by atoms with E-state index < -0.39 is 10.0 Å². The fourth-order valence-electron chi connectivity index (χ4n) is 2.39. The monoisotopic (exact) mass is 371 g/mol. The molecular weight excluding hydrogens is 342 g/mol. The average molecular weight is 372 g/mol. The minimum absolute atomic E-state index is 0.134. The van der Waals surface area contributed by atoms with Gasteiger partial charge in [-0.05, 0) is 37.1 Å². The Morgan fingerprint density at radius 2 is 1.84 bits per heavy atom. The van der Waals surface area contributed by atoms with Crippen LogP contribution < -0.4 is 10.6 Å². The molecule has 0 aromatic heterocycles. The maximum atomic E-state index is 12.7. The van der Waals surface area contributed by atoms with Crippen molar-refractivity contribution in [2.75, 3.05) is 45.2 Å². The van der Waals surface area contributed by atoms with E-state index in [4.69, 9.17) is 4.74 Å². The molecule has 142 valence electrons. The number of methoxy groups -OCH3 is 1. The van der Waals surface area contributed by atoms with Crippen LogP contribution in [0.5, 0.6) is 0 Å². The van der Waals surface area contributed by atoms with Crippen molar-refractivity contribution in [3.63, 3.8) is 0 Å². The number of ether oxygens (including phenoxy) is 1. The number of rotatable bonds is 10. The summed E-state index contributed by atoms with van der Waals surface area (Å²) in [6.07, 6.45) is 0. The van der Waals surface area contributed by atoms with E-state index in [-0.39, 0.29) is 17.3 Å². The number of anilines is 1. The Morgan fingerprint density at radius 3 is 2.40 bits per heavy atom. The van der Waals surface area contributed by atoms with Gasteiger partial charge in [-0.15, -0.1) is 0 Å². The van der Waals surface area contributed by atoms with Crippen LogP contribution >= 0.6 is 0 Å². The first-order valence-electron chi connectivity index (χ1n) is 8.38. The molecule has 0 radical (unpaired) electrons. The van der Waals surface area contributed by atoms with E-state index in [2.05, 4.69) is 10.6 Å². The molecular formula is C17H29N3O4S. The molecule has 1 aromatic rings. The fraction of sp³-hybridized carbons (Fsp3) is 0.588. The molecule has 2 N–H and O–H groups in total. The van der Waals surface area contributed by atoms with Crippen molar-refractivity contribution in [2.45, 2.75) is 32.6 Å². The summed E-state index contributed by atoms with van der Waals surface area (Å²) in [7, 11) is -1.98. The summed E-state index contributed by atoms with van der Waals surface area (Å²) < 4.78 is 31.8. The number of hydrogen-bond donors (Lipinski definition) is 2. The van der Waals surface area contributed by atoms with Crippen LogP contribution in [-0.4, -0.2) is 58.5 Å². The molecule has 0 aliphatic rings. The first-order chi connectivity index (χ1) is 11.8. The van der Waals surface area contributed by atoms with Crippen molar-refractivity contribution in [1.29, 1.82) is 0 Å². The van der Waals surface area contributed by atoms with Crippen molar-refractivity contribution < 1.29 is 17.9 Å². The van der Waals surface area contributed by atoms with Crippen LogP contribution in [0.25, 0.3) is 0 Å². The lowest BCUT2D eigenvalue weighted by molar-refractivity contribution is -0.115. The van der Waals surface area contributed by atoms with E-state index in [1.165, 1.54) is 10.4 Å². The van der Waals surface area contributed by atoms with E-state index in [1.54, 1.807) is 27.0 Å². The Hall–Kier alpha value is -1.48. The van der Waals surface area contributed by atoms with Crippen LogP contribution in [0.2, 0.25) is 0 Å². The molecule has 25 heavy (non-hydrogen) atoms. The minimum atomic E-state index is -3.57. The maximum absolute atomic E-state index is 12.7. The zero-order valence-electron chi connectivity index (χ0n) is 15.7. The van der Waals surface area contributed by atoms with Crippen molar-refractivity contribution in [2.24, 2.45) is 0 Å². The maximum Gasteiger partial charge on any atom is 0.243 e. The van der Waals surface area contributed by atoms with Gasteiger partial charge in [0.1, 0.15) is 0 Å². The van der Waals surface area contributed by atoms with Gasteiger partial charge in [-0.1, -0.05) is 13.8 Å². The topological polar surface area (TPSA) is 87.7 Å². The summed E-state index contributed by atoms with van der Waals surface area (Å²) in [5, 5.41) is 5.75. The van der Waals surface area contributed by atoms with Gasteiger partial charge >= 0.3 is 0 Å². The second kappa shape index (κ2) is 9.86. The largest absolute Gasteiger partial charge is 0.383 e. The third kappa shape index (κ3) is 5.78. The van der Waals surface area contributed by atoms with Gasteiger partial charge in [0.15, 0.2) is 0 Å². The quantitative estimate of drug-likeness (QED) is 0.609. The van der Waals surface area contributed by atoms with Crippen LogP contribution in [0.3, 0.4) is 0 Å². The van der Waals surface area contributed by atoms with Crippen LogP contribution in [-0.2, 0) is 19.6 Å². The predicted octanol–water partition coefficient (Wildman–Crippen LogP) is 1.51. The van der Waals surface area contributed by atoms with Gasteiger partial charge in [0, 0.05) is 32.4 Å². The highest BCUT2D eigenvalue weighted by atomic mass is 32.2. The molecule has 1 aromatic carbocycles. The van der Waals surface area contributed by atoms with E-state index in [9.17, 15) is 13.2 Å². The van der Waals surface area contributed by atoms with Gasteiger partial charge in [-0.3, -0.25) is 4.79 Å². The number of hydrogen-bond acceptors (Lipinski definition) is 5. The zero-order chi connectivity index (χ0) is 19.0. The van der Waals surface area contributed by atoms with Gasteiger partial charge in [-0.2, -0.15) is 4.31 Å². The first kappa shape index (κ1) is 21.6. The third-order valence-electron chi connectivity index (χ3n) is 4.03. The highest BCUT2D eigenvalue weighted by molar-refractivity contribution is 7.89. The molecule has 0 fully saturated rings. The molecule has 0 saturated carbocycles. The van der Waals surface area contributed by atoms with Gasteiger partial charge in [0.2, 0.25) is 15.9 Å². The standard InChI is InChI=1S/C17H29N3O4S/c1-6-20(7-2)25(22,23)15-10-13(3)14(4)16(11-15)19-17(21)12-18-8-9-24-5/h10-11,18H,6-9,12H2,1-5H3,(H,19,21). The number of nitrogens with zero attached hydrogens (tertiary/aromatic N) is 1. The molecule has 8 heteroatoms. The van der Waals surface area contributed by atoms with Crippen LogP contribution in [0.15, 0.2) is 17.0 Å². The summed E-state index contributed by atoms with van der Waals surface area (Å²) in [6.45, 7) is 9.32. The number of aryl methyl sites for hydroxylation is 1. The molecule has 0 unspecified atom stereocenters. The van der Waals surface area contributed by atoms with Crippen LogP contribution in [0, 0.1) is 13.8 Å². The second-order valence-corrected chi connectivity index (χ2v) is 7.66. The average Bonchev–Trinajstić information content (AvgIpc) is 2.56. The van der Waals surface area contributed by atoms with Crippen molar-refractivity contribution >= 4 is 21.6 Å². The molecule has 0 heterocycles. The summed E-state index contributed by atoms with van der Waals surface area (Å²) in [5.74, 6) is -0.226. The number of amides is 1. The normalized spacial score (nSPS) is 11.8.